The Labute approximate surface area is 124 Å². The minimum atomic E-state index is 0.0111. The fraction of sp³-hybridized carbons (Fsp3) is 0.294. The van der Waals surface area contributed by atoms with E-state index in [2.05, 4.69) is 17.1 Å². The van der Waals surface area contributed by atoms with Crippen LogP contribution in [-0.2, 0) is 6.54 Å². The maximum Gasteiger partial charge on any atom is 0.272 e. The van der Waals surface area contributed by atoms with Crippen molar-refractivity contribution in [1.82, 2.24) is 9.88 Å². The molecule has 4 nitrogen and oxygen atoms in total. The van der Waals surface area contributed by atoms with Gasteiger partial charge in [-0.15, -0.1) is 0 Å². The monoisotopic (exact) mass is 281 g/mol. The summed E-state index contributed by atoms with van der Waals surface area (Å²) < 4.78 is 0. The molecule has 1 fully saturated rings. The molecule has 1 aliphatic heterocycles. The topological polar surface area (TPSA) is 59.2 Å². The predicted molar refractivity (Wildman–Crippen MR) is 81.8 cm³/mol. The molecular formula is C17H19N3O. The smallest absolute Gasteiger partial charge is 0.272 e. The Morgan fingerprint density at radius 2 is 2.05 bits per heavy atom. The molecule has 1 atom stereocenters. The van der Waals surface area contributed by atoms with E-state index in [9.17, 15) is 4.79 Å². The number of likely N-dealkylation sites (tertiary alicyclic amines) is 1. The number of hydrogen-bond donors (Lipinski definition) is 1. The van der Waals surface area contributed by atoms with Crippen LogP contribution in [0, 0.1) is 0 Å². The molecule has 0 aliphatic carbocycles. The zero-order chi connectivity index (χ0) is 14.7. The van der Waals surface area contributed by atoms with Crippen molar-refractivity contribution >= 4 is 5.91 Å². The Morgan fingerprint density at radius 1 is 1.24 bits per heavy atom. The first-order valence-electron chi connectivity index (χ1n) is 7.27. The van der Waals surface area contributed by atoms with Gasteiger partial charge in [0.25, 0.3) is 5.91 Å². The molecule has 0 spiro atoms. The van der Waals surface area contributed by atoms with Gasteiger partial charge in [0.05, 0.1) is 0 Å². The van der Waals surface area contributed by atoms with Crippen LogP contribution >= 0.6 is 0 Å². The second kappa shape index (κ2) is 6.06. The van der Waals surface area contributed by atoms with Crippen molar-refractivity contribution in [2.75, 3.05) is 13.1 Å². The number of amides is 1. The maximum atomic E-state index is 12.5. The average Bonchev–Trinajstić information content (AvgIpc) is 3.05. The van der Waals surface area contributed by atoms with E-state index in [1.54, 1.807) is 12.3 Å². The molecule has 0 saturated carbocycles. The number of aromatic nitrogens is 1. The first-order chi connectivity index (χ1) is 10.3. The Kier molecular flexibility index (Phi) is 3.97. The van der Waals surface area contributed by atoms with E-state index in [4.69, 9.17) is 5.73 Å². The fourth-order valence-electron chi connectivity index (χ4n) is 2.78. The summed E-state index contributed by atoms with van der Waals surface area (Å²) in [7, 11) is 0. The molecule has 0 radical (unpaired) electrons. The van der Waals surface area contributed by atoms with Crippen molar-refractivity contribution in [2.45, 2.75) is 18.9 Å². The summed E-state index contributed by atoms with van der Waals surface area (Å²) in [6, 6.07) is 14.0. The molecule has 1 amide bonds. The van der Waals surface area contributed by atoms with Gasteiger partial charge in [-0.2, -0.15) is 0 Å². The molecule has 2 N–H and O–H groups in total. The van der Waals surface area contributed by atoms with Gasteiger partial charge >= 0.3 is 0 Å². The van der Waals surface area contributed by atoms with Gasteiger partial charge in [0, 0.05) is 31.7 Å². The lowest BCUT2D eigenvalue weighted by Crippen LogP contribution is -2.29. The van der Waals surface area contributed by atoms with Crippen LogP contribution in [0.25, 0.3) is 0 Å². The second-order valence-corrected chi connectivity index (χ2v) is 5.40. The number of pyridine rings is 1. The van der Waals surface area contributed by atoms with Crippen molar-refractivity contribution in [3.8, 4) is 0 Å². The SMILES string of the molecule is NCc1ccc(C(=O)N2CCC(c3ccccc3)C2)nc1. The quantitative estimate of drug-likeness (QED) is 0.938. The van der Waals surface area contributed by atoms with Crippen molar-refractivity contribution in [3.63, 3.8) is 0 Å². The third kappa shape index (κ3) is 2.95. The first-order valence-corrected chi connectivity index (χ1v) is 7.27. The molecule has 1 aromatic carbocycles. The number of carbonyl (C=O) groups excluding carboxylic acids is 1. The Balaban J connectivity index is 1.69. The van der Waals surface area contributed by atoms with Gasteiger partial charge in [0.15, 0.2) is 0 Å². The fourth-order valence-corrected chi connectivity index (χ4v) is 2.78. The van der Waals surface area contributed by atoms with E-state index in [1.807, 2.05) is 29.2 Å². The van der Waals surface area contributed by atoms with Crippen LogP contribution in [0.5, 0.6) is 0 Å². The minimum absolute atomic E-state index is 0.0111. The van der Waals surface area contributed by atoms with Gasteiger partial charge < -0.3 is 10.6 Å². The number of carbonyl (C=O) groups is 1. The summed E-state index contributed by atoms with van der Waals surface area (Å²) in [6.45, 7) is 2.00. The number of hydrogen-bond acceptors (Lipinski definition) is 3. The van der Waals surface area contributed by atoms with E-state index in [0.717, 1.165) is 25.1 Å². The maximum absolute atomic E-state index is 12.5. The number of nitrogens with two attached hydrogens (primary N) is 1. The van der Waals surface area contributed by atoms with E-state index in [0.29, 0.717) is 18.2 Å². The zero-order valence-electron chi connectivity index (χ0n) is 11.9. The molecular weight excluding hydrogens is 262 g/mol. The van der Waals surface area contributed by atoms with Crippen LogP contribution in [0.1, 0.15) is 34.0 Å². The van der Waals surface area contributed by atoms with Gasteiger partial charge in [-0.05, 0) is 23.6 Å². The van der Waals surface area contributed by atoms with Crippen molar-refractivity contribution in [2.24, 2.45) is 5.73 Å². The van der Waals surface area contributed by atoms with Crippen LogP contribution in [0.4, 0.5) is 0 Å². The van der Waals surface area contributed by atoms with Crippen LogP contribution < -0.4 is 5.73 Å². The van der Waals surface area contributed by atoms with Crippen molar-refractivity contribution < 1.29 is 4.79 Å². The van der Waals surface area contributed by atoms with Crippen LogP contribution in [0.15, 0.2) is 48.7 Å². The molecule has 0 bridgehead atoms. The number of benzene rings is 1. The lowest BCUT2D eigenvalue weighted by Gasteiger charge is -2.16. The molecule has 21 heavy (non-hydrogen) atoms. The summed E-state index contributed by atoms with van der Waals surface area (Å²) in [5.74, 6) is 0.440. The summed E-state index contributed by atoms with van der Waals surface area (Å²) >= 11 is 0. The van der Waals surface area contributed by atoms with Gasteiger partial charge in [0.1, 0.15) is 5.69 Å². The molecule has 2 heterocycles. The summed E-state index contributed by atoms with van der Waals surface area (Å²) in [6.07, 6.45) is 2.69. The third-order valence-corrected chi connectivity index (χ3v) is 4.03. The molecule has 108 valence electrons. The van der Waals surface area contributed by atoms with Crippen LogP contribution in [0.3, 0.4) is 0 Å². The standard InChI is InChI=1S/C17H19N3O/c18-10-13-6-7-16(19-11-13)17(21)20-9-8-15(12-20)14-4-2-1-3-5-14/h1-7,11,15H,8-10,12,18H2. The molecule has 2 aromatic rings. The van der Waals surface area contributed by atoms with Crippen LogP contribution in [-0.4, -0.2) is 28.9 Å². The normalized spacial score (nSPS) is 18.0. The molecule has 3 rings (SSSR count). The van der Waals surface area contributed by atoms with E-state index < -0.39 is 0 Å². The van der Waals surface area contributed by atoms with E-state index in [1.165, 1.54) is 5.56 Å². The molecule has 4 heteroatoms. The first kappa shape index (κ1) is 13.8. The highest BCUT2D eigenvalue weighted by molar-refractivity contribution is 5.92. The van der Waals surface area contributed by atoms with Gasteiger partial charge in [-0.25, -0.2) is 0 Å². The lowest BCUT2D eigenvalue weighted by atomic mass is 9.99. The zero-order valence-corrected chi connectivity index (χ0v) is 11.9. The van der Waals surface area contributed by atoms with Crippen molar-refractivity contribution in [3.05, 3.63) is 65.5 Å². The van der Waals surface area contributed by atoms with Gasteiger partial charge in [-0.3, -0.25) is 9.78 Å². The average molecular weight is 281 g/mol. The molecule has 1 aliphatic rings. The lowest BCUT2D eigenvalue weighted by molar-refractivity contribution is 0.0785. The second-order valence-electron chi connectivity index (χ2n) is 5.40. The molecule has 1 saturated heterocycles. The van der Waals surface area contributed by atoms with Gasteiger partial charge in [0.2, 0.25) is 0 Å². The predicted octanol–water partition coefficient (Wildman–Crippen LogP) is 2.17. The molecule has 1 unspecified atom stereocenters. The minimum Gasteiger partial charge on any atom is -0.337 e. The Bertz CT molecular complexity index is 610. The Morgan fingerprint density at radius 3 is 2.71 bits per heavy atom. The molecule has 1 aromatic heterocycles. The highest BCUT2D eigenvalue weighted by Crippen LogP contribution is 2.27. The van der Waals surface area contributed by atoms with Gasteiger partial charge in [-0.1, -0.05) is 36.4 Å². The van der Waals surface area contributed by atoms with Crippen molar-refractivity contribution in [1.29, 1.82) is 0 Å². The summed E-state index contributed by atoms with van der Waals surface area (Å²) in [4.78, 5) is 18.6. The van der Waals surface area contributed by atoms with E-state index >= 15 is 0 Å². The Hall–Kier alpha value is -2.20. The van der Waals surface area contributed by atoms with E-state index in [-0.39, 0.29) is 5.91 Å². The number of nitrogens with zero attached hydrogens (tertiary/aromatic N) is 2. The summed E-state index contributed by atoms with van der Waals surface area (Å²) in [5, 5.41) is 0. The third-order valence-electron chi connectivity index (χ3n) is 4.03. The summed E-state index contributed by atoms with van der Waals surface area (Å²) in [5.41, 5.74) is 8.29. The largest absolute Gasteiger partial charge is 0.337 e. The number of rotatable bonds is 3. The highest BCUT2D eigenvalue weighted by atomic mass is 16.2. The van der Waals surface area contributed by atoms with Crippen LogP contribution in [0.2, 0.25) is 0 Å². The highest BCUT2D eigenvalue weighted by Gasteiger charge is 2.28.